The minimum atomic E-state index is -0.156. The second kappa shape index (κ2) is 9.26. The van der Waals surface area contributed by atoms with Crippen molar-refractivity contribution in [2.24, 2.45) is 0 Å². The van der Waals surface area contributed by atoms with E-state index in [-0.39, 0.29) is 11.8 Å². The normalized spacial score (nSPS) is 18.2. The van der Waals surface area contributed by atoms with Gasteiger partial charge in [-0.15, -0.1) is 0 Å². The zero-order valence-corrected chi connectivity index (χ0v) is 16.8. The van der Waals surface area contributed by atoms with Crippen molar-refractivity contribution in [1.82, 2.24) is 10.2 Å². The fourth-order valence-electron chi connectivity index (χ4n) is 3.26. The third kappa shape index (κ3) is 5.06. The van der Waals surface area contributed by atoms with Crippen molar-refractivity contribution in [3.63, 3.8) is 0 Å². The molecular weight excluding hydrogens is 386 g/mol. The number of rotatable bonds is 5. The average molecular weight is 410 g/mol. The van der Waals surface area contributed by atoms with E-state index >= 15 is 0 Å². The summed E-state index contributed by atoms with van der Waals surface area (Å²) in [6, 6.07) is 15.2. The van der Waals surface area contributed by atoms with Crippen LogP contribution in [0.25, 0.3) is 6.08 Å². The zero-order valence-electron chi connectivity index (χ0n) is 16.0. The maximum absolute atomic E-state index is 12.5. The minimum Gasteiger partial charge on any atom is -0.379 e. The zero-order chi connectivity index (χ0) is 20.1. The van der Waals surface area contributed by atoms with Gasteiger partial charge in [-0.1, -0.05) is 42.1 Å². The van der Waals surface area contributed by atoms with Gasteiger partial charge in [-0.3, -0.25) is 14.5 Å². The Morgan fingerprint density at radius 1 is 1.17 bits per heavy atom. The van der Waals surface area contributed by atoms with Crippen LogP contribution in [0.1, 0.15) is 15.9 Å². The molecule has 4 rings (SSSR count). The first-order valence-electron chi connectivity index (χ1n) is 9.67. The van der Waals surface area contributed by atoms with Crippen LogP contribution >= 0.6 is 11.8 Å². The fraction of sp³-hybridized carbons (Fsp3) is 0.273. The minimum absolute atomic E-state index is 0.133. The molecule has 0 saturated carbocycles. The summed E-state index contributed by atoms with van der Waals surface area (Å²) in [6.45, 7) is 4.68. The molecule has 0 radical (unpaired) electrons. The summed E-state index contributed by atoms with van der Waals surface area (Å²) in [7, 11) is 0. The molecule has 0 atom stereocenters. The molecule has 2 amide bonds. The Kier molecular flexibility index (Phi) is 6.29. The summed E-state index contributed by atoms with van der Waals surface area (Å²) in [5.41, 5.74) is 2.19. The lowest BCUT2D eigenvalue weighted by atomic mass is 10.1. The molecule has 29 heavy (non-hydrogen) atoms. The second-order valence-corrected chi connectivity index (χ2v) is 7.98. The van der Waals surface area contributed by atoms with E-state index in [2.05, 4.69) is 15.5 Å². The number of hydrogen-bond donors (Lipinski definition) is 2. The van der Waals surface area contributed by atoms with Gasteiger partial charge < -0.3 is 15.4 Å². The molecule has 0 unspecified atom stereocenters. The van der Waals surface area contributed by atoms with Gasteiger partial charge in [0, 0.05) is 36.6 Å². The number of fused-ring (bicyclic) bond motifs is 1. The van der Waals surface area contributed by atoms with Crippen LogP contribution in [0.15, 0.2) is 58.3 Å². The summed E-state index contributed by atoms with van der Waals surface area (Å²) < 4.78 is 5.33. The molecule has 0 spiro atoms. The lowest BCUT2D eigenvalue weighted by Gasteiger charge is -2.26. The Balaban J connectivity index is 1.39. The molecule has 0 aromatic heterocycles. The molecule has 2 heterocycles. The third-order valence-electron chi connectivity index (χ3n) is 4.85. The largest absolute Gasteiger partial charge is 0.379 e. The van der Waals surface area contributed by atoms with E-state index in [1.807, 2.05) is 42.5 Å². The van der Waals surface area contributed by atoms with Gasteiger partial charge in [0.2, 0.25) is 0 Å². The van der Waals surface area contributed by atoms with Gasteiger partial charge in [-0.25, -0.2) is 0 Å². The number of nitrogens with one attached hydrogen (secondary N) is 2. The predicted molar refractivity (Wildman–Crippen MR) is 115 cm³/mol. The van der Waals surface area contributed by atoms with Gasteiger partial charge in [0.05, 0.1) is 23.8 Å². The fourth-order valence-corrected chi connectivity index (χ4v) is 4.19. The van der Waals surface area contributed by atoms with E-state index in [1.54, 1.807) is 12.1 Å². The SMILES string of the molecule is O=C1Nc2cc(C(=O)NCCN3CCOCC3)ccc2S/C1=C\c1ccccc1. The van der Waals surface area contributed by atoms with Crippen LogP contribution in [-0.4, -0.2) is 56.1 Å². The van der Waals surface area contributed by atoms with Crippen molar-refractivity contribution in [3.8, 4) is 0 Å². The van der Waals surface area contributed by atoms with Crippen molar-refractivity contribution in [2.75, 3.05) is 44.7 Å². The van der Waals surface area contributed by atoms with Gasteiger partial charge in [-0.05, 0) is 29.8 Å². The lowest BCUT2D eigenvalue weighted by molar-refractivity contribution is -0.112. The Hall–Kier alpha value is -2.61. The highest BCUT2D eigenvalue weighted by Gasteiger charge is 2.22. The summed E-state index contributed by atoms with van der Waals surface area (Å²) in [5.74, 6) is -0.290. The number of amides is 2. The van der Waals surface area contributed by atoms with Crippen molar-refractivity contribution in [1.29, 1.82) is 0 Å². The van der Waals surface area contributed by atoms with Gasteiger partial charge in [0.1, 0.15) is 0 Å². The molecule has 2 aliphatic rings. The van der Waals surface area contributed by atoms with Crippen LogP contribution in [0.4, 0.5) is 5.69 Å². The Morgan fingerprint density at radius 2 is 1.97 bits per heavy atom. The van der Waals surface area contributed by atoms with Crippen molar-refractivity contribution in [2.45, 2.75) is 4.90 Å². The molecule has 2 aromatic carbocycles. The predicted octanol–water partition coefficient (Wildman–Crippen LogP) is 2.83. The maximum Gasteiger partial charge on any atom is 0.262 e. The molecule has 2 N–H and O–H groups in total. The second-order valence-electron chi connectivity index (χ2n) is 6.90. The van der Waals surface area contributed by atoms with Crippen molar-refractivity contribution in [3.05, 3.63) is 64.6 Å². The van der Waals surface area contributed by atoms with Crippen LogP contribution in [0.2, 0.25) is 0 Å². The van der Waals surface area contributed by atoms with Gasteiger partial charge in [0.15, 0.2) is 0 Å². The Morgan fingerprint density at radius 3 is 2.76 bits per heavy atom. The standard InChI is InChI=1S/C22H23N3O3S/c26-21(23-8-9-25-10-12-28-13-11-25)17-6-7-19-18(15-17)24-22(27)20(29-19)14-16-4-2-1-3-5-16/h1-7,14-15H,8-13H2,(H,23,26)(H,24,27)/b20-14-. The number of carbonyl (C=O) groups is 2. The van der Waals surface area contributed by atoms with Crippen LogP contribution in [0, 0.1) is 0 Å². The smallest absolute Gasteiger partial charge is 0.262 e. The highest BCUT2D eigenvalue weighted by molar-refractivity contribution is 8.04. The first kappa shape index (κ1) is 19.7. The molecule has 2 aromatic rings. The van der Waals surface area contributed by atoms with Crippen LogP contribution in [0.3, 0.4) is 0 Å². The first-order chi connectivity index (χ1) is 14.2. The molecule has 2 aliphatic heterocycles. The molecular formula is C22H23N3O3S. The van der Waals surface area contributed by atoms with Crippen LogP contribution in [0.5, 0.6) is 0 Å². The maximum atomic E-state index is 12.5. The number of hydrogen-bond acceptors (Lipinski definition) is 5. The first-order valence-corrected chi connectivity index (χ1v) is 10.5. The third-order valence-corrected chi connectivity index (χ3v) is 5.95. The number of ether oxygens (including phenoxy) is 1. The molecule has 0 bridgehead atoms. The summed E-state index contributed by atoms with van der Waals surface area (Å²) >= 11 is 1.42. The van der Waals surface area contributed by atoms with Gasteiger partial charge in [-0.2, -0.15) is 0 Å². The molecule has 1 fully saturated rings. The number of carbonyl (C=O) groups excluding carboxylic acids is 2. The molecule has 6 nitrogen and oxygen atoms in total. The number of morpholine rings is 1. The van der Waals surface area contributed by atoms with Crippen LogP contribution < -0.4 is 10.6 Å². The quantitative estimate of drug-likeness (QED) is 0.743. The number of nitrogens with zero attached hydrogens (tertiary/aromatic N) is 1. The summed E-state index contributed by atoms with van der Waals surface area (Å²) in [4.78, 5) is 28.8. The van der Waals surface area contributed by atoms with Gasteiger partial charge >= 0.3 is 0 Å². The van der Waals surface area contributed by atoms with Crippen molar-refractivity contribution >= 4 is 35.3 Å². The van der Waals surface area contributed by atoms with Crippen LogP contribution in [-0.2, 0) is 9.53 Å². The molecule has 1 saturated heterocycles. The number of anilines is 1. The Labute approximate surface area is 174 Å². The summed E-state index contributed by atoms with van der Waals surface area (Å²) in [5, 5.41) is 5.86. The summed E-state index contributed by atoms with van der Waals surface area (Å²) in [6.07, 6.45) is 1.87. The van der Waals surface area contributed by atoms with E-state index in [9.17, 15) is 9.59 Å². The van der Waals surface area contributed by atoms with Gasteiger partial charge in [0.25, 0.3) is 11.8 Å². The monoisotopic (exact) mass is 409 g/mol. The Bertz CT molecular complexity index is 924. The number of thioether (sulfide) groups is 1. The van der Waals surface area contributed by atoms with E-state index in [0.29, 0.717) is 22.7 Å². The molecule has 150 valence electrons. The number of benzene rings is 2. The molecule has 7 heteroatoms. The lowest BCUT2D eigenvalue weighted by Crippen LogP contribution is -2.41. The van der Waals surface area contributed by atoms with Crippen molar-refractivity contribution < 1.29 is 14.3 Å². The van der Waals surface area contributed by atoms with E-state index in [1.165, 1.54) is 11.8 Å². The van der Waals surface area contributed by atoms with E-state index in [4.69, 9.17) is 4.74 Å². The highest BCUT2D eigenvalue weighted by Crippen LogP contribution is 2.39. The average Bonchev–Trinajstić information content (AvgIpc) is 2.75. The van der Waals surface area contributed by atoms with E-state index < -0.39 is 0 Å². The highest BCUT2D eigenvalue weighted by atomic mass is 32.2. The topological polar surface area (TPSA) is 70.7 Å². The molecule has 0 aliphatic carbocycles. The van der Waals surface area contributed by atoms with E-state index in [0.717, 1.165) is 43.3 Å².